The zero-order chi connectivity index (χ0) is 23.7. The Hall–Kier alpha value is -2.05. The van der Waals surface area contributed by atoms with Crippen LogP contribution in [0, 0.1) is 0 Å². The van der Waals surface area contributed by atoms with E-state index in [2.05, 4.69) is 5.32 Å². The number of carbonyl (C=O) groups excluding carboxylic acids is 2. The van der Waals surface area contributed by atoms with Crippen LogP contribution in [0.2, 0.25) is 0 Å². The number of nitrogens with one attached hydrogen (secondary N) is 1. The number of benzene rings is 1. The molecule has 32 heavy (non-hydrogen) atoms. The smallest absolute Gasteiger partial charge is 0.320 e. The summed E-state index contributed by atoms with van der Waals surface area (Å²) in [6.07, 6.45) is -0.356. The van der Waals surface area contributed by atoms with Crippen molar-refractivity contribution in [2.24, 2.45) is 0 Å². The van der Waals surface area contributed by atoms with Crippen LogP contribution in [0.5, 0.6) is 0 Å². The first-order chi connectivity index (χ1) is 15.1. The van der Waals surface area contributed by atoms with Crippen molar-refractivity contribution in [2.45, 2.75) is 37.9 Å². The molecule has 0 saturated carbocycles. The van der Waals surface area contributed by atoms with Crippen LogP contribution >= 0.6 is 0 Å². The molecule has 1 aliphatic rings. The third kappa shape index (κ3) is 7.82. The molecule has 2 rings (SSSR count). The highest BCUT2D eigenvalue weighted by Crippen LogP contribution is 2.22. The van der Waals surface area contributed by atoms with E-state index in [0.29, 0.717) is 31.9 Å². The number of hydrogen-bond donors (Lipinski definition) is 1. The summed E-state index contributed by atoms with van der Waals surface area (Å²) in [7, 11) is -2.12. The van der Waals surface area contributed by atoms with Crippen molar-refractivity contribution in [1.82, 2.24) is 9.21 Å². The maximum Gasteiger partial charge on any atom is 0.320 e. The van der Waals surface area contributed by atoms with Gasteiger partial charge < -0.3 is 19.5 Å². The van der Waals surface area contributed by atoms with E-state index in [1.165, 1.54) is 23.5 Å². The maximum absolute atomic E-state index is 12.9. The Kier molecular flexibility index (Phi) is 10.0. The third-order valence-corrected chi connectivity index (χ3v) is 6.64. The van der Waals surface area contributed by atoms with Crippen LogP contribution in [0.1, 0.15) is 20.8 Å². The van der Waals surface area contributed by atoms with E-state index in [1.807, 2.05) is 13.8 Å². The molecule has 1 N–H and O–H groups in total. The molecule has 1 heterocycles. The predicted molar refractivity (Wildman–Crippen MR) is 119 cm³/mol. The summed E-state index contributed by atoms with van der Waals surface area (Å²) in [4.78, 5) is 26.0. The first-order valence-corrected chi connectivity index (χ1v) is 12.0. The molecular formula is C21H33N3O7S. The van der Waals surface area contributed by atoms with Gasteiger partial charge in [-0.3, -0.25) is 14.5 Å². The van der Waals surface area contributed by atoms with Gasteiger partial charge in [-0.25, -0.2) is 8.42 Å². The molecule has 10 nitrogen and oxygen atoms in total. The highest BCUT2D eigenvalue weighted by molar-refractivity contribution is 7.89. The molecule has 1 aromatic rings. The molecule has 2 atom stereocenters. The summed E-state index contributed by atoms with van der Waals surface area (Å²) in [5.41, 5.74) is 0.459. The molecule has 1 fully saturated rings. The van der Waals surface area contributed by atoms with Crippen molar-refractivity contribution in [3.8, 4) is 0 Å². The number of ether oxygens (including phenoxy) is 3. The van der Waals surface area contributed by atoms with E-state index >= 15 is 0 Å². The van der Waals surface area contributed by atoms with Crippen LogP contribution in [0.25, 0.3) is 0 Å². The number of morpholine rings is 1. The summed E-state index contributed by atoms with van der Waals surface area (Å²) in [5.74, 6) is -0.755. The van der Waals surface area contributed by atoms with E-state index in [9.17, 15) is 18.0 Å². The Morgan fingerprint density at radius 1 is 1.16 bits per heavy atom. The van der Waals surface area contributed by atoms with Gasteiger partial charge in [0, 0.05) is 32.4 Å². The van der Waals surface area contributed by atoms with Crippen molar-refractivity contribution in [2.75, 3.05) is 58.4 Å². The van der Waals surface area contributed by atoms with Gasteiger partial charge in [0.2, 0.25) is 15.9 Å². The summed E-state index contributed by atoms with van der Waals surface area (Å²) in [6.45, 7) is 6.93. The lowest BCUT2D eigenvalue weighted by Crippen LogP contribution is -2.48. The van der Waals surface area contributed by atoms with Crippen LogP contribution in [0.3, 0.4) is 0 Å². The van der Waals surface area contributed by atoms with Crippen molar-refractivity contribution in [1.29, 1.82) is 0 Å². The topological polar surface area (TPSA) is 114 Å². The van der Waals surface area contributed by atoms with Crippen molar-refractivity contribution < 1.29 is 32.2 Å². The fourth-order valence-corrected chi connectivity index (χ4v) is 5.00. The van der Waals surface area contributed by atoms with Gasteiger partial charge >= 0.3 is 5.97 Å². The van der Waals surface area contributed by atoms with Gasteiger partial charge in [-0.15, -0.1) is 0 Å². The highest BCUT2D eigenvalue weighted by Gasteiger charge is 2.32. The molecular weight excluding hydrogens is 438 g/mol. The number of esters is 1. The zero-order valence-electron chi connectivity index (χ0n) is 19.1. The van der Waals surface area contributed by atoms with Gasteiger partial charge in [0.25, 0.3) is 0 Å². The molecule has 0 spiro atoms. The van der Waals surface area contributed by atoms with E-state index < -0.39 is 16.0 Å². The Labute approximate surface area is 189 Å². The second-order valence-corrected chi connectivity index (χ2v) is 9.60. The zero-order valence-corrected chi connectivity index (χ0v) is 19.9. The summed E-state index contributed by atoms with van der Waals surface area (Å²) >= 11 is 0. The molecule has 1 aromatic carbocycles. The Balaban J connectivity index is 1.99. The number of methoxy groups -OCH3 is 1. The number of amides is 1. The lowest BCUT2D eigenvalue weighted by atomic mass is 10.3. The predicted octanol–water partition coefficient (Wildman–Crippen LogP) is 0.935. The lowest BCUT2D eigenvalue weighted by Gasteiger charge is -2.34. The number of nitrogens with zero attached hydrogens (tertiary/aromatic N) is 2. The van der Waals surface area contributed by atoms with Gasteiger partial charge in [0.05, 0.1) is 43.4 Å². The van der Waals surface area contributed by atoms with Gasteiger partial charge in [0.1, 0.15) is 0 Å². The number of rotatable bonds is 11. The standard InChI is InChI=1S/C21H33N3O7S/c1-5-30-21(26)15-23(10-11-29-4)14-20(25)22-18-6-8-19(9-7-18)32(27,28)24-12-16(2)31-17(3)13-24/h6-9,16-17H,5,10-15H2,1-4H3,(H,22,25). The number of anilines is 1. The Bertz CT molecular complexity index is 851. The minimum Gasteiger partial charge on any atom is -0.465 e. The van der Waals surface area contributed by atoms with E-state index in [-0.39, 0.29) is 42.7 Å². The fraction of sp³-hybridized carbons (Fsp3) is 0.619. The normalized spacial score (nSPS) is 19.7. The second-order valence-electron chi connectivity index (χ2n) is 7.66. The number of sulfonamides is 1. The monoisotopic (exact) mass is 471 g/mol. The van der Waals surface area contributed by atoms with Crippen molar-refractivity contribution >= 4 is 27.6 Å². The average Bonchev–Trinajstić information content (AvgIpc) is 2.71. The molecule has 2 unspecified atom stereocenters. The first kappa shape index (κ1) is 26.2. The molecule has 0 radical (unpaired) electrons. The van der Waals surface area contributed by atoms with E-state index in [4.69, 9.17) is 14.2 Å². The fourth-order valence-electron chi connectivity index (χ4n) is 3.41. The molecule has 0 bridgehead atoms. The summed E-state index contributed by atoms with van der Waals surface area (Å²) in [5, 5.41) is 2.72. The average molecular weight is 472 g/mol. The maximum atomic E-state index is 12.9. The molecule has 0 aromatic heterocycles. The lowest BCUT2D eigenvalue weighted by molar-refractivity contribution is -0.144. The van der Waals surface area contributed by atoms with Gasteiger partial charge in [-0.05, 0) is 45.0 Å². The summed E-state index contributed by atoms with van der Waals surface area (Å²) < 4.78 is 42.9. The van der Waals surface area contributed by atoms with E-state index in [1.54, 1.807) is 24.0 Å². The third-order valence-electron chi connectivity index (χ3n) is 4.80. The van der Waals surface area contributed by atoms with Crippen LogP contribution in [-0.2, 0) is 33.8 Å². The molecule has 1 saturated heterocycles. The van der Waals surface area contributed by atoms with Crippen molar-refractivity contribution in [3.63, 3.8) is 0 Å². The van der Waals surface area contributed by atoms with Crippen LogP contribution in [0.4, 0.5) is 5.69 Å². The quantitative estimate of drug-likeness (QED) is 0.474. The van der Waals surface area contributed by atoms with Gasteiger partial charge in [-0.2, -0.15) is 4.31 Å². The van der Waals surface area contributed by atoms with Crippen LogP contribution in [-0.4, -0.2) is 94.8 Å². The van der Waals surface area contributed by atoms with Crippen LogP contribution in [0.15, 0.2) is 29.2 Å². The minimum absolute atomic E-state index is 0.0296. The molecule has 11 heteroatoms. The largest absolute Gasteiger partial charge is 0.465 e. The first-order valence-electron chi connectivity index (χ1n) is 10.6. The number of carbonyl (C=O) groups is 2. The Morgan fingerprint density at radius 2 is 1.78 bits per heavy atom. The SMILES string of the molecule is CCOC(=O)CN(CCOC)CC(=O)Nc1ccc(S(=O)(=O)N2CC(C)OC(C)C2)cc1. The van der Waals surface area contributed by atoms with E-state index in [0.717, 1.165) is 0 Å². The number of hydrogen-bond acceptors (Lipinski definition) is 8. The molecule has 1 aliphatic heterocycles. The minimum atomic E-state index is -3.65. The van der Waals surface area contributed by atoms with Gasteiger partial charge in [-0.1, -0.05) is 0 Å². The summed E-state index contributed by atoms with van der Waals surface area (Å²) in [6, 6.07) is 6.03. The van der Waals surface area contributed by atoms with Gasteiger partial charge in [0.15, 0.2) is 0 Å². The molecule has 1 amide bonds. The van der Waals surface area contributed by atoms with Crippen LogP contribution < -0.4 is 5.32 Å². The Morgan fingerprint density at radius 3 is 2.34 bits per heavy atom. The molecule has 0 aliphatic carbocycles. The highest BCUT2D eigenvalue weighted by atomic mass is 32.2. The van der Waals surface area contributed by atoms with Crippen molar-refractivity contribution in [3.05, 3.63) is 24.3 Å². The second kappa shape index (κ2) is 12.3. The molecule has 180 valence electrons.